The second kappa shape index (κ2) is 4.37. The maximum absolute atomic E-state index is 11.5. The summed E-state index contributed by atoms with van der Waals surface area (Å²) < 4.78 is 0. The minimum absolute atomic E-state index is 0.193. The van der Waals surface area contributed by atoms with Crippen LogP contribution in [-0.4, -0.2) is 23.1 Å². The van der Waals surface area contributed by atoms with Crippen molar-refractivity contribution in [2.45, 2.75) is 32.7 Å². The molecule has 1 aromatic heterocycles. The zero-order valence-corrected chi connectivity index (χ0v) is 10.5. The first-order valence-corrected chi connectivity index (χ1v) is 6.21. The first kappa shape index (κ1) is 11.9. The van der Waals surface area contributed by atoms with Crippen LogP contribution >= 0.6 is 11.3 Å². The molecule has 0 atom stereocenters. The van der Waals surface area contributed by atoms with Crippen molar-refractivity contribution in [1.29, 1.82) is 0 Å². The van der Waals surface area contributed by atoms with Crippen molar-refractivity contribution in [2.75, 3.05) is 5.32 Å². The van der Waals surface area contributed by atoms with Crippen molar-refractivity contribution in [3.05, 3.63) is 16.0 Å². The minimum atomic E-state index is -1.01. The van der Waals surface area contributed by atoms with E-state index in [-0.39, 0.29) is 17.6 Å². The fourth-order valence-corrected chi connectivity index (χ4v) is 2.57. The molecule has 17 heavy (non-hydrogen) atoms. The van der Waals surface area contributed by atoms with Gasteiger partial charge in [-0.3, -0.25) is 5.32 Å². The fraction of sp³-hybridized carbons (Fsp3) is 0.455. The molecule has 0 bridgehead atoms. The molecular weight excluding hydrogens is 240 g/mol. The maximum Gasteiger partial charge on any atom is 0.338 e. The third-order valence-corrected chi connectivity index (χ3v) is 3.86. The van der Waals surface area contributed by atoms with E-state index in [1.807, 2.05) is 6.92 Å². The molecule has 0 saturated heterocycles. The third kappa shape index (κ3) is 2.58. The molecule has 5 nitrogen and oxygen atoms in total. The summed E-state index contributed by atoms with van der Waals surface area (Å²) in [5, 5.41) is 14.9. The summed E-state index contributed by atoms with van der Waals surface area (Å²) in [6, 6.07) is -0.0679. The molecule has 1 aliphatic carbocycles. The Hall–Kier alpha value is -1.56. The van der Waals surface area contributed by atoms with Crippen LogP contribution in [0.3, 0.4) is 0 Å². The first-order valence-electron chi connectivity index (χ1n) is 5.40. The summed E-state index contributed by atoms with van der Waals surface area (Å²) in [6.07, 6.45) is 2.00. The number of amides is 2. The van der Waals surface area contributed by atoms with Gasteiger partial charge in [-0.2, -0.15) is 0 Å². The zero-order valence-electron chi connectivity index (χ0n) is 9.66. The van der Waals surface area contributed by atoms with Crippen LogP contribution in [0.5, 0.6) is 0 Å². The van der Waals surface area contributed by atoms with Gasteiger partial charge in [0, 0.05) is 10.9 Å². The Morgan fingerprint density at radius 3 is 2.53 bits per heavy atom. The maximum atomic E-state index is 11.5. The van der Waals surface area contributed by atoms with Crippen LogP contribution in [0.25, 0.3) is 0 Å². The lowest BCUT2D eigenvalue weighted by Gasteiger charge is -2.05. The van der Waals surface area contributed by atoms with Gasteiger partial charge in [-0.15, -0.1) is 11.3 Å². The average molecular weight is 254 g/mol. The van der Waals surface area contributed by atoms with Gasteiger partial charge in [0.15, 0.2) is 0 Å². The number of hydrogen-bond donors (Lipinski definition) is 3. The number of aryl methyl sites for hydroxylation is 1. The number of aromatic carboxylic acids is 1. The second-order valence-corrected chi connectivity index (χ2v) is 5.39. The molecule has 1 aromatic rings. The second-order valence-electron chi connectivity index (χ2n) is 4.17. The Kier molecular flexibility index (Phi) is 3.06. The van der Waals surface area contributed by atoms with Crippen molar-refractivity contribution >= 4 is 28.3 Å². The molecule has 0 unspecified atom stereocenters. The number of anilines is 1. The number of carboxylic acids is 1. The first-order chi connectivity index (χ1) is 7.99. The number of thiophene rings is 1. The monoisotopic (exact) mass is 254 g/mol. The van der Waals surface area contributed by atoms with Crippen molar-refractivity contribution in [1.82, 2.24) is 5.32 Å². The molecule has 6 heteroatoms. The highest BCUT2D eigenvalue weighted by Crippen LogP contribution is 2.32. The van der Waals surface area contributed by atoms with Crippen LogP contribution in [0.1, 0.15) is 33.6 Å². The Labute approximate surface area is 103 Å². The Morgan fingerprint density at radius 1 is 1.35 bits per heavy atom. The van der Waals surface area contributed by atoms with Crippen LogP contribution in [0.4, 0.5) is 9.80 Å². The largest absolute Gasteiger partial charge is 0.478 e. The fourth-order valence-electron chi connectivity index (χ4n) is 1.52. The summed E-state index contributed by atoms with van der Waals surface area (Å²) in [4.78, 5) is 23.6. The molecule has 92 valence electrons. The van der Waals surface area contributed by atoms with E-state index >= 15 is 0 Å². The van der Waals surface area contributed by atoms with E-state index in [1.54, 1.807) is 6.92 Å². The van der Waals surface area contributed by atoms with Crippen LogP contribution in [-0.2, 0) is 0 Å². The van der Waals surface area contributed by atoms with Gasteiger partial charge in [-0.05, 0) is 32.3 Å². The van der Waals surface area contributed by atoms with Gasteiger partial charge in [0.2, 0.25) is 0 Å². The molecule has 1 fully saturated rings. The number of carboxylic acid groups (broad SMARTS) is 1. The molecular formula is C11H14N2O3S. The highest BCUT2D eigenvalue weighted by Gasteiger charge is 2.25. The Balaban J connectivity index is 2.16. The molecule has 1 heterocycles. The lowest BCUT2D eigenvalue weighted by atomic mass is 10.1. The number of carbonyl (C=O) groups excluding carboxylic acids is 1. The lowest BCUT2D eigenvalue weighted by molar-refractivity contribution is 0.0697. The van der Waals surface area contributed by atoms with Gasteiger partial charge >= 0.3 is 12.0 Å². The van der Waals surface area contributed by atoms with Crippen LogP contribution in [0.15, 0.2) is 0 Å². The quantitative estimate of drug-likeness (QED) is 0.774. The molecule has 3 N–H and O–H groups in total. The lowest BCUT2D eigenvalue weighted by Crippen LogP contribution is -2.30. The average Bonchev–Trinajstić information content (AvgIpc) is 2.95. The molecule has 0 aromatic carbocycles. The number of nitrogens with one attached hydrogen (secondary N) is 2. The van der Waals surface area contributed by atoms with E-state index in [1.165, 1.54) is 11.3 Å². The van der Waals surface area contributed by atoms with Gasteiger partial charge in [-0.25, -0.2) is 9.59 Å². The zero-order chi connectivity index (χ0) is 12.6. The molecule has 1 aliphatic rings. The summed E-state index contributed by atoms with van der Waals surface area (Å²) >= 11 is 1.29. The van der Waals surface area contributed by atoms with Crippen LogP contribution in [0.2, 0.25) is 0 Å². The predicted octanol–water partition coefficient (Wildman–Crippen LogP) is 2.35. The van der Waals surface area contributed by atoms with Crippen LogP contribution < -0.4 is 10.6 Å². The Morgan fingerprint density at radius 2 is 2.00 bits per heavy atom. The van der Waals surface area contributed by atoms with E-state index in [0.29, 0.717) is 10.6 Å². The minimum Gasteiger partial charge on any atom is -0.478 e. The van der Waals surface area contributed by atoms with Gasteiger partial charge in [0.25, 0.3) is 0 Å². The van der Waals surface area contributed by atoms with E-state index in [2.05, 4.69) is 10.6 Å². The predicted molar refractivity (Wildman–Crippen MR) is 65.9 cm³/mol. The smallest absolute Gasteiger partial charge is 0.338 e. The number of carbonyl (C=O) groups is 2. The summed E-state index contributed by atoms with van der Waals surface area (Å²) in [5.74, 6) is -1.01. The molecule has 1 saturated carbocycles. The third-order valence-electron chi connectivity index (χ3n) is 2.74. The van der Waals surface area contributed by atoms with Crippen molar-refractivity contribution in [3.8, 4) is 0 Å². The van der Waals surface area contributed by atoms with E-state index in [4.69, 9.17) is 5.11 Å². The summed E-state index contributed by atoms with van der Waals surface area (Å²) in [5.41, 5.74) is 0.905. The summed E-state index contributed by atoms with van der Waals surface area (Å²) in [7, 11) is 0. The van der Waals surface area contributed by atoms with Crippen LogP contribution in [0, 0.1) is 13.8 Å². The van der Waals surface area contributed by atoms with Crippen molar-refractivity contribution < 1.29 is 14.7 Å². The van der Waals surface area contributed by atoms with Gasteiger partial charge in [0.05, 0.1) is 5.56 Å². The highest BCUT2D eigenvalue weighted by molar-refractivity contribution is 7.16. The number of urea groups is 1. The molecule has 0 aliphatic heterocycles. The highest BCUT2D eigenvalue weighted by atomic mass is 32.1. The van der Waals surface area contributed by atoms with Crippen molar-refractivity contribution in [3.63, 3.8) is 0 Å². The SMILES string of the molecule is Cc1sc(NC(=O)NC2CC2)c(C(=O)O)c1C. The number of rotatable bonds is 3. The van der Waals surface area contributed by atoms with Gasteiger partial charge in [0.1, 0.15) is 5.00 Å². The molecule has 0 spiro atoms. The summed E-state index contributed by atoms with van der Waals surface area (Å²) in [6.45, 7) is 3.59. The standard InChI is InChI=1S/C11H14N2O3S/c1-5-6(2)17-9(8(5)10(14)15)13-11(16)12-7-3-4-7/h7H,3-4H2,1-2H3,(H,14,15)(H2,12,13,16). The van der Waals surface area contributed by atoms with Gasteiger partial charge < -0.3 is 10.4 Å². The van der Waals surface area contributed by atoms with Crippen molar-refractivity contribution in [2.24, 2.45) is 0 Å². The number of hydrogen-bond acceptors (Lipinski definition) is 3. The topological polar surface area (TPSA) is 78.4 Å². The molecule has 2 rings (SSSR count). The van der Waals surface area contributed by atoms with E-state index < -0.39 is 5.97 Å². The Bertz CT molecular complexity index is 477. The van der Waals surface area contributed by atoms with Gasteiger partial charge in [-0.1, -0.05) is 0 Å². The van der Waals surface area contributed by atoms with E-state index in [0.717, 1.165) is 17.7 Å². The normalized spacial score (nSPS) is 14.5. The van der Waals surface area contributed by atoms with E-state index in [9.17, 15) is 9.59 Å². The molecule has 0 radical (unpaired) electrons. The molecule has 2 amide bonds.